The van der Waals surface area contributed by atoms with E-state index in [9.17, 15) is 0 Å². The fraction of sp³-hybridized carbons (Fsp3) is 0.647. The van der Waals surface area contributed by atoms with Crippen LogP contribution in [0.25, 0.3) is 0 Å². The van der Waals surface area contributed by atoms with Crippen LogP contribution in [0, 0.1) is 18.8 Å². The van der Waals surface area contributed by atoms with Crippen LogP contribution in [0.1, 0.15) is 54.7 Å². The molecule has 2 aliphatic carbocycles. The van der Waals surface area contributed by atoms with Gasteiger partial charge in [-0.05, 0) is 68.0 Å². The van der Waals surface area contributed by atoms with Gasteiger partial charge >= 0.3 is 0 Å². The lowest BCUT2D eigenvalue weighted by Gasteiger charge is -2.37. The topological polar surface area (TPSA) is 26.0 Å². The predicted octanol–water partition coefficient (Wildman–Crippen LogP) is 3.79. The molecule has 2 atom stereocenters. The molecule has 2 aliphatic rings. The summed E-state index contributed by atoms with van der Waals surface area (Å²) in [5, 5.41) is 0. The highest BCUT2D eigenvalue weighted by Crippen LogP contribution is 2.46. The van der Waals surface area contributed by atoms with E-state index in [1.807, 2.05) is 0 Å². The van der Waals surface area contributed by atoms with E-state index in [1.54, 1.807) is 11.1 Å². The minimum Gasteiger partial charge on any atom is -0.330 e. The molecule has 98 valence electrons. The van der Waals surface area contributed by atoms with Gasteiger partial charge in [0.2, 0.25) is 0 Å². The molecule has 1 aromatic carbocycles. The Balaban J connectivity index is 1.99. The average molecular weight is 243 g/mol. The van der Waals surface area contributed by atoms with E-state index in [0.29, 0.717) is 0 Å². The largest absolute Gasteiger partial charge is 0.330 e. The van der Waals surface area contributed by atoms with Gasteiger partial charge in [0.15, 0.2) is 0 Å². The highest BCUT2D eigenvalue weighted by Gasteiger charge is 2.35. The number of fused-ring (bicyclic) bond motifs is 1. The van der Waals surface area contributed by atoms with Gasteiger partial charge in [-0.25, -0.2) is 0 Å². The van der Waals surface area contributed by atoms with Gasteiger partial charge in [0.05, 0.1) is 0 Å². The molecule has 1 nitrogen and oxygen atoms in total. The summed E-state index contributed by atoms with van der Waals surface area (Å²) in [5.41, 5.74) is 10.7. The number of hydrogen-bond acceptors (Lipinski definition) is 1. The highest BCUT2D eigenvalue weighted by molar-refractivity contribution is 5.37. The third-order valence-electron chi connectivity index (χ3n) is 5.16. The van der Waals surface area contributed by atoms with Crippen LogP contribution in [0.5, 0.6) is 0 Å². The molecule has 0 bridgehead atoms. The molecule has 1 heteroatoms. The van der Waals surface area contributed by atoms with Gasteiger partial charge in [-0.3, -0.25) is 0 Å². The highest BCUT2D eigenvalue weighted by atomic mass is 14.6. The van der Waals surface area contributed by atoms with Crippen molar-refractivity contribution in [1.82, 2.24) is 0 Å². The Labute approximate surface area is 111 Å². The second kappa shape index (κ2) is 5.05. The van der Waals surface area contributed by atoms with Crippen molar-refractivity contribution in [3.05, 3.63) is 34.9 Å². The molecule has 2 N–H and O–H groups in total. The Bertz CT molecular complexity index is 418. The summed E-state index contributed by atoms with van der Waals surface area (Å²) >= 11 is 0. The van der Waals surface area contributed by atoms with E-state index >= 15 is 0 Å². The lowest BCUT2D eigenvalue weighted by molar-refractivity contribution is 0.285. The van der Waals surface area contributed by atoms with Gasteiger partial charge < -0.3 is 5.73 Å². The molecule has 1 aromatic rings. The summed E-state index contributed by atoms with van der Waals surface area (Å²) in [7, 11) is 0. The van der Waals surface area contributed by atoms with Gasteiger partial charge in [-0.15, -0.1) is 0 Å². The van der Waals surface area contributed by atoms with Gasteiger partial charge in [0.1, 0.15) is 0 Å². The van der Waals surface area contributed by atoms with Crippen LogP contribution in [0.4, 0.5) is 0 Å². The SMILES string of the molecule is Cc1ccc2c(c1)C(C1CCCC1)C(CN)CC2. The molecule has 1 fully saturated rings. The Kier molecular flexibility index (Phi) is 3.43. The smallest absolute Gasteiger partial charge is 0.00428 e. The van der Waals surface area contributed by atoms with Crippen molar-refractivity contribution in [3.8, 4) is 0 Å². The average Bonchev–Trinajstić information content (AvgIpc) is 2.90. The quantitative estimate of drug-likeness (QED) is 0.840. The first-order chi connectivity index (χ1) is 8.79. The minimum atomic E-state index is 0.724. The second-order valence-corrected chi connectivity index (χ2v) is 6.31. The van der Waals surface area contributed by atoms with E-state index in [4.69, 9.17) is 5.73 Å². The van der Waals surface area contributed by atoms with Gasteiger partial charge in [0.25, 0.3) is 0 Å². The van der Waals surface area contributed by atoms with E-state index in [0.717, 1.165) is 24.3 Å². The van der Waals surface area contributed by atoms with Crippen LogP contribution >= 0.6 is 0 Å². The first-order valence-corrected chi connectivity index (χ1v) is 7.59. The fourth-order valence-electron chi connectivity index (χ4n) is 4.25. The number of benzene rings is 1. The third kappa shape index (κ3) is 2.09. The van der Waals surface area contributed by atoms with E-state index in [-0.39, 0.29) is 0 Å². The van der Waals surface area contributed by atoms with Crippen molar-refractivity contribution in [1.29, 1.82) is 0 Å². The summed E-state index contributed by atoms with van der Waals surface area (Å²) < 4.78 is 0. The standard InChI is InChI=1S/C17H25N/c1-12-6-7-13-8-9-15(11-18)17(16(13)10-12)14-4-2-3-5-14/h6-7,10,14-15,17H,2-5,8-9,11,18H2,1H3. The summed E-state index contributed by atoms with van der Waals surface area (Å²) in [6, 6.07) is 7.08. The number of aryl methyl sites for hydroxylation is 2. The minimum absolute atomic E-state index is 0.724. The molecule has 0 saturated heterocycles. The Morgan fingerprint density at radius 2 is 1.94 bits per heavy atom. The van der Waals surface area contributed by atoms with Crippen LogP contribution < -0.4 is 5.73 Å². The third-order valence-corrected chi connectivity index (χ3v) is 5.16. The van der Waals surface area contributed by atoms with Gasteiger partial charge in [-0.2, -0.15) is 0 Å². The first kappa shape index (κ1) is 12.2. The molecule has 0 amide bonds. The van der Waals surface area contributed by atoms with Crippen LogP contribution in [0.3, 0.4) is 0 Å². The zero-order valence-electron chi connectivity index (χ0n) is 11.5. The Morgan fingerprint density at radius 1 is 1.17 bits per heavy atom. The fourth-order valence-corrected chi connectivity index (χ4v) is 4.25. The molecular weight excluding hydrogens is 218 g/mol. The van der Waals surface area contributed by atoms with Crippen LogP contribution in [-0.4, -0.2) is 6.54 Å². The lowest BCUT2D eigenvalue weighted by atomic mass is 9.68. The molecule has 0 radical (unpaired) electrons. The maximum Gasteiger partial charge on any atom is -0.00428 e. The molecule has 0 heterocycles. The van der Waals surface area contributed by atoms with Crippen molar-refractivity contribution in [2.24, 2.45) is 17.6 Å². The monoisotopic (exact) mass is 243 g/mol. The van der Waals surface area contributed by atoms with Gasteiger partial charge in [-0.1, -0.05) is 36.6 Å². The molecule has 0 aliphatic heterocycles. The molecule has 2 unspecified atom stereocenters. The van der Waals surface area contributed by atoms with E-state index in [1.165, 1.54) is 44.1 Å². The summed E-state index contributed by atoms with van der Waals surface area (Å²) in [5.74, 6) is 2.38. The van der Waals surface area contributed by atoms with Crippen molar-refractivity contribution in [2.75, 3.05) is 6.54 Å². The second-order valence-electron chi connectivity index (χ2n) is 6.31. The van der Waals surface area contributed by atoms with E-state index in [2.05, 4.69) is 25.1 Å². The number of nitrogens with two attached hydrogens (primary N) is 1. The molecule has 0 aromatic heterocycles. The normalized spacial score (nSPS) is 28.3. The molecule has 18 heavy (non-hydrogen) atoms. The Morgan fingerprint density at radius 3 is 2.67 bits per heavy atom. The zero-order valence-corrected chi connectivity index (χ0v) is 11.5. The van der Waals surface area contributed by atoms with Crippen molar-refractivity contribution in [2.45, 2.75) is 51.4 Å². The molecule has 3 rings (SSSR count). The van der Waals surface area contributed by atoms with Crippen molar-refractivity contribution in [3.63, 3.8) is 0 Å². The summed E-state index contributed by atoms with van der Waals surface area (Å²) in [6.07, 6.45) is 8.25. The number of hydrogen-bond donors (Lipinski definition) is 1. The van der Waals surface area contributed by atoms with Crippen LogP contribution in [0.15, 0.2) is 18.2 Å². The molecule has 0 spiro atoms. The molecule has 1 saturated carbocycles. The molecular formula is C17H25N. The van der Waals surface area contributed by atoms with Crippen LogP contribution in [0.2, 0.25) is 0 Å². The predicted molar refractivity (Wildman–Crippen MR) is 76.7 cm³/mol. The van der Waals surface area contributed by atoms with Crippen molar-refractivity contribution < 1.29 is 0 Å². The maximum atomic E-state index is 6.06. The van der Waals surface area contributed by atoms with Gasteiger partial charge in [0, 0.05) is 0 Å². The lowest BCUT2D eigenvalue weighted by Crippen LogP contribution is -2.31. The number of rotatable bonds is 2. The summed E-state index contributed by atoms with van der Waals surface area (Å²) in [4.78, 5) is 0. The van der Waals surface area contributed by atoms with Crippen LogP contribution in [-0.2, 0) is 6.42 Å². The Hall–Kier alpha value is -0.820. The first-order valence-electron chi connectivity index (χ1n) is 7.59. The zero-order chi connectivity index (χ0) is 12.5. The summed E-state index contributed by atoms with van der Waals surface area (Å²) in [6.45, 7) is 3.09. The van der Waals surface area contributed by atoms with Crippen molar-refractivity contribution >= 4 is 0 Å². The van der Waals surface area contributed by atoms with E-state index < -0.39 is 0 Å². The maximum absolute atomic E-state index is 6.06.